The molecular formula is C15H22O7. The fourth-order valence-corrected chi connectivity index (χ4v) is 1.86. The summed E-state index contributed by atoms with van der Waals surface area (Å²) < 4.78 is 5.29. The number of ether oxygens (including phenoxy) is 1. The van der Waals surface area contributed by atoms with Crippen molar-refractivity contribution in [1.82, 2.24) is 0 Å². The topological polar surface area (TPSA) is 131 Å². The Bertz CT molecular complexity index is 474. The molecule has 1 rings (SSSR count). The molecule has 0 saturated carbocycles. The summed E-state index contributed by atoms with van der Waals surface area (Å²) >= 11 is 0. The van der Waals surface area contributed by atoms with Gasteiger partial charge in [-0.2, -0.15) is 0 Å². The molecule has 0 radical (unpaired) electrons. The van der Waals surface area contributed by atoms with Crippen molar-refractivity contribution >= 4 is 5.76 Å². The second-order valence-electron chi connectivity index (χ2n) is 4.69. The molecule has 4 atom stereocenters. The second-order valence-corrected chi connectivity index (χ2v) is 4.69. The third-order valence-electron chi connectivity index (χ3n) is 3.09. The fraction of sp³-hybridized carbons (Fsp3) is 0.467. The smallest absolute Gasteiger partial charge is 0.166 e. The predicted octanol–water partition coefficient (Wildman–Crippen LogP) is -0.614. The number of rotatable bonds is 8. The van der Waals surface area contributed by atoms with Gasteiger partial charge in [0.2, 0.25) is 0 Å². The van der Waals surface area contributed by atoms with E-state index in [2.05, 4.69) is 0 Å². The van der Waals surface area contributed by atoms with Crippen LogP contribution in [0.1, 0.15) is 12.5 Å². The highest BCUT2D eigenvalue weighted by atomic mass is 16.5. The Morgan fingerprint density at radius 1 is 1.05 bits per heavy atom. The molecule has 0 amide bonds. The van der Waals surface area contributed by atoms with E-state index in [9.17, 15) is 25.5 Å². The minimum absolute atomic E-state index is 0.0414. The van der Waals surface area contributed by atoms with Crippen molar-refractivity contribution in [3.8, 4) is 0 Å². The first kappa shape index (κ1) is 18.4. The SMILES string of the molecule is CCOC(=C(O)[C@H](O)[C@@H](O)[C@H](O)[C@H](O)CO)c1ccccc1. The van der Waals surface area contributed by atoms with Gasteiger partial charge in [-0.05, 0) is 6.92 Å². The molecule has 0 aliphatic heterocycles. The zero-order chi connectivity index (χ0) is 16.7. The van der Waals surface area contributed by atoms with Crippen molar-refractivity contribution in [2.75, 3.05) is 13.2 Å². The van der Waals surface area contributed by atoms with Gasteiger partial charge in [0.25, 0.3) is 0 Å². The highest BCUT2D eigenvalue weighted by molar-refractivity contribution is 5.62. The molecule has 0 fully saturated rings. The number of aliphatic hydroxyl groups is 6. The van der Waals surface area contributed by atoms with Crippen molar-refractivity contribution in [1.29, 1.82) is 0 Å². The molecule has 0 aliphatic rings. The lowest BCUT2D eigenvalue weighted by Gasteiger charge is -2.26. The standard InChI is InChI=1S/C15H22O7/c1-2-22-15(9-6-4-3-5-7-9)14(21)13(20)12(19)11(18)10(17)8-16/h3-7,10-13,16-21H,2,8H2,1H3/t10-,11-,12+,13-/m1/s1. The highest BCUT2D eigenvalue weighted by Crippen LogP contribution is 2.23. The largest absolute Gasteiger partial charge is 0.506 e. The molecule has 0 spiro atoms. The zero-order valence-corrected chi connectivity index (χ0v) is 12.2. The van der Waals surface area contributed by atoms with Crippen molar-refractivity contribution in [3.63, 3.8) is 0 Å². The second kappa shape index (κ2) is 8.72. The van der Waals surface area contributed by atoms with Crippen LogP contribution in [0.2, 0.25) is 0 Å². The summed E-state index contributed by atoms with van der Waals surface area (Å²) in [6.07, 6.45) is -7.27. The van der Waals surface area contributed by atoms with Gasteiger partial charge in [0.15, 0.2) is 11.5 Å². The quantitative estimate of drug-likeness (QED) is 0.353. The molecule has 0 heterocycles. The molecule has 124 valence electrons. The Kier molecular flexibility index (Phi) is 7.30. The summed E-state index contributed by atoms with van der Waals surface area (Å²) in [5.74, 6) is -0.718. The van der Waals surface area contributed by atoms with Crippen LogP contribution in [0.4, 0.5) is 0 Å². The average molecular weight is 314 g/mol. The maximum absolute atomic E-state index is 10.1. The molecule has 0 aromatic heterocycles. The number of benzene rings is 1. The van der Waals surface area contributed by atoms with E-state index in [0.717, 1.165) is 0 Å². The summed E-state index contributed by atoms with van der Waals surface area (Å²) in [7, 11) is 0. The fourth-order valence-electron chi connectivity index (χ4n) is 1.86. The number of hydrogen-bond acceptors (Lipinski definition) is 7. The molecule has 6 N–H and O–H groups in total. The van der Waals surface area contributed by atoms with Crippen LogP contribution in [0.15, 0.2) is 36.1 Å². The van der Waals surface area contributed by atoms with Gasteiger partial charge < -0.3 is 35.4 Å². The van der Waals surface area contributed by atoms with E-state index in [4.69, 9.17) is 9.84 Å². The third-order valence-corrected chi connectivity index (χ3v) is 3.09. The van der Waals surface area contributed by atoms with Crippen LogP contribution in [0.5, 0.6) is 0 Å². The molecular weight excluding hydrogens is 292 g/mol. The van der Waals surface area contributed by atoms with Gasteiger partial charge in [-0.15, -0.1) is 0 Å². The Balaban J connectivity index is 3.07. The minimum atomic E-state index is -1.90. The average Bonchev–Trinajstić information content (AvgIpc) is 2.57. The molecule has 0 unspecified atom stereocenters. The van der Waals surface area contributed by atoms with Gasteiger partial charge >= 0.3 is 0 Å². The first-order chi connectivity index (χ1) is 10.4. The molecule has 22 heavy (non-hydrogen) atoms. The molecule has 0 saturated heterocycles. The van der Waals surface area contributed by atoms with E-state index < -0.39 is 36.8 Å². The lowest BCUT2D eigenvalue weighted by Crippen LogP contribution is -2.46. The summed E-state index contributed by atoms with van der Waals surface area (Å²) in [5.41, 5.74) is 0.477. The minimum Gasteiger partial charge on any atom is -0.506 e. The van der Waals surface area contributed by atoms with E-state index in [1.165, 1.54) is 0 Å². The zero-order valence-electron chi connectivity index (χ0n) is 12.2. The van der Waals surface area contributed by atoms with E-state index in [-0.39, 0.29) is 12.4 Å². The van der Waals surface area contributed by atoms with Crippen molar-refractivity contribution in [2.24, 2.45) is 0 Å². The Morgan fingerprint density at radius 2 is 1.64 bits per heavy atom. The van der Waals surface area contributed by atoms with Crippen LogP contribution in [0.25, 0.3) is 5.76 Å². The van der Waals surface area contributed by atoms with Crippen LogP contribution < -0.4 is 0 Å². The van der Waals surface area contributed by atoms with Crippen LogP contribution in [0, 0.1) is 0 Å². The van der Waals surface area contributed by atoms with E-state index in [1.807, 2.05) is 0 Å². The molecule has 7 heteroatoms. The monoisotopic (exact) mass is 314 g/mol. The van der Waals surface area contributed by atoms with Gasteiger partial charge in [0.1, 0.15) is 24.4 Å². The predicted molar refractivity (Wildman–Crippen MR) is 78.7 cm³/mol. The van der Waals surface area contributed by atoms with Crippen LogP contribution in [-0.4, -0.2) is 68.3 Å². The van der Waals surface area contributed by atoms with Gasteiger partial charge in [-0.25, -0.2) is 0 Å². The normalized spacial score (nSPS) is 18.1. The van der Waals surface area contributed by atoms with Crippen LogP contribution in [0.3, 0.4) is 0 Å². The van der Waals surface area contributed by atoms with E-state index in [1.54, 1.807) is 37.3 Å². The Labute approximate surface area is 128 Å². The Morgan fingerprint density at radius 3 is 2.14 bits per heavy atom. The van der Waals surface area contributed by atoms with E-state index >= 15 is 0 Å². The van der Waals surface area contributed by atoms with Crippen LogP contribution >= 0.6 is 0 Å². The summed E-state index contributed by atoms with van der Waals surface area (Å²) in [6, 6.07) is 8.44. The Hall–Kier alpha value is -1.64. The lowest BCUT2D eigenvalue weighted by atomic mass is 10.00. The van der Waals surface area contributed by atoms with Gasteiger partial charge in [0, 0.05) is 5.56 Å². The van der Waals surface area contributed by atoms with Crippen molar-refractivity contribution in [2.45, 2.75) is 31.3 Å². The molecule has 0 bridgehead atoms. The maximum atomic E-state index is 10.1. The third kappa shape index (κ3) is 4.43. The van der Waals surface area contributed by atoms with Gasteiger partial charge in [0.05, 0.1) is 13.2 Å². The molecule has 7 nitrogen and oxygen atoms in total. The molecule has 1 aromatic rings. The number of hydrogen-bond donors (Lipinski definition) is 6. The highest BCUT2D eigenvalue weighted by Gasteiger charge is 2.34. The van der Waals surface area contributed by atoms with Crippen molar-refractivity contribution in [3.05, 3.63) is 41.7 Å². The van der Waals surface area contributed by atoms with Gasteiger partial charge in [-0.3, -0.25) is 0 Å². The lowest BCUT2D eigenvalue weighted by molar-refractivity contribution is -0.113. The molecule has 0 aliphatic carbocycles. The summed E-state index contributed by atoms with van der Waals surface area (Å²) in [6.45, 7) is 1.09. The maximum Gasteiger partial charge on any atom is 0.166 e. The van der Waals surface area contributed by atoms with Gasteiger partial charge in [-0.1, -0.05) is 30.3 Å². The van der Waals surface area contributed by atoms with Crippen molar-refractivity contribution < 1.29 is 35.4 Å². The molecule has 1 aromatic carbocycles. The summed E-state index contributed by atoms with van der Waals surface area (Å²) in [5, 5.41) is 57.5. The first-order valence-electron chi connectivity index (χ1n) is 6.88. The summed E-state index contributed by atoms with van der Waals surface area (Å²) in [4.78, 5) is 0. The van der Waals surface area contributed by atoms with Crippen LogP contribution in [-0.2, 0) is 4.74 Å². The van der Waals surface area contributed by atoms with E-state index in [0.29, 0.717) is 5.56 Å². The first-order valence-corrected chi connectivity index (χ1v) is 6.88. The number of aliphatic hydroxyl groups excluding tert-OH is 6.